The quantitative estimate of drug-likeness (QED) is 0.719. The summed E-state index contributed by atoms with van der Waals surface area (Å²) in [6, 6.07) is 2.28. The van der Waals surface area contributed by atoms with Crippen LogP contribution in [0.5, 0.6) is 0 Å². The number of furan rings is 1. The van der Waals surface area contributed by atoms with Crippen LogP contribution in [-0.2, 0) is 12.8 Å². The Morgan fingerprint density at radius 3 is 3.08 bits per heavy atom. The highest BCUT2D eigenvalue weighted by molar-refractivity contribution is 5.27. The Morgan fingerprint density at radius 2 is 2.38 bits per heavy atom. The van der Waals surface area contributed by atoms with E-state index < -0.39 is 0 Å². The number of hydrogen-bond donors (Lipinski definition) is 1. The van der Waals surface area contributed by atoms with E-state index >= 15 is 0 Å². The van der Waals surface area contributed by atoms with Crippen LogP contribution in [0.25, 0.3) is 0 Å². The normalized spacial score (nSPS) is 27.3. The Hall–Kier alpha value is -0.760. The molecule has 1 aromatic rings. The molecule has 2 heteroatoms. The van der Waals surface area contributed by atoms with E-state index in [4.69, 9.17) is 10.2 Å². The fourth-order valence-electron chi connectivity index (χ4n) is 1.97. The molecule has 0 saturated carbocycles. The molecule has 1 aromatic heterocycles. The molecule has 0 radical (unpaired) electrons. The fraction of sp³-hybridized carbons (Fsp3) is 0.636. The predicted octanol–water partition coefficient (Wildman–Crippen LogP) is 2.42. The smallest absolute Gasteiger partial charge is 0.124 e. The molecule has 72 valence electrons. The molecule has 2 unspecified atom stereocenters. The Balaban J connectivity index is 2.36. The Labute approximate surface area is 79.1 Å². The van der Waals surface area contributed by atoms with Gasteiger partial charge in [0.1, 0.15) is 11.5 Å². The van der Waals surface area contributed by atoms with Crippen molar-refractivity contribution < 1.29 is 4.42 Å². The average Bonchev–Trinajstić information content (AvgIpc) is 2.55. The third-order valence-corrected chi connectivity index (χ3v) is 3.03. The number of nitrogens with two attached hydrogens (primary N) is 1. The fourth-order valence-corrected chi connectivity index (χ4v) is 1.97. The zero-order chi connectivity index (χ0) is 9.42. The van der Waals surface area contributed by atoms with Crippen molar-refractivity contribution in [2.45, 2.75) is 39.2 Å². The number of fused-ring (bicyclic) bond motifs is 1. The van der Waals surface area contributed by atoms with Crippen molar-refractivity contribution in [1.82, 2.24) is 0 Å². The van der Waals surface area contributed by atoms with Crippen molar-refractivity contribution in [1.29, 1.82) is 0 Å². The molecule has 0 amide bonds. The van der Waals surface area contributed by atoms with E-state index in [1.165, 1.54) is 12.0 Å². The van der Waals surface area contributed by atoms with E-state index in [0.29, 0.717) is 5.92 Å². The number of rotatable bonds is 1. The van der Waals surface area contributed by atoms with Crippen LogP contribution in [0.3, 0.4) is 0 Å². The summed E-state index contributed by atoms with van der Waals surface area (Å²) in [5.41, 5.74) is 7.40. The zero-order valence-electron chi connectivity index (χ0n) is 8.34. The van der Waals surface area contributed by atoms with Gasteiger partial charge in [0, 0.05) is 6.42 Å². The zero-order valence-corrected chi connectivity index (χ0v) is 8.34. The van der Waals surface area contributed by atoms with Crippen molar-refractivity contribution in [3.63, 3.8) is 0 Å². The molecule has 2 rings (SSSR count). The molecule has 1 aliphatic rings. The lowest BCUT2D eigenvalue weighted by atomic mass is 9.86. The van der Waals surface area contributed by atoms with Gasteiger partial charge in [-0.05, 0) is 30.4 Å². The number of aryl methyl sites for hydroxylation is 2. The van der Waals surface area contributed by atoms with Crippen LogP contribution in [0, 0.1) is 5.92 Å². The van der Waals surface area contributed by atoms with Gasteiger partial charge in [-0.3, -0.25) is 0 Å². The van der Waals surface area contributed by atoms with Crippen LogP contribution >= 0.6 is 0 Å². The summed E-state index contributed by atoms with van der Waals surface area (Å²) in [5, 5.41) is 0. The van der Waals surface area contributed by atoms with Crippen LogP contribution < -0.4 is 5.73 Å². The summed E-state index contributed by atoms with van der Waals surface area (Å²) in [4.78, 5) is 0. The molecule has 13 heavy (non-hydrogen) atoms. The van der Waals surface area contributed by atoms with Gasteiger partial charge in [-0.25, -0.2) is 0 Å². The van der Waals surface area contributed by atoms with Crippen LogP contribution in [0.4, 0.5) is 0 Å². The summed E-state index contributed by atoms with van der Waals surface area (Å²) in [6.45, 7) is 4.31. The Morgan fingerprint density at radius 1 is 1.62 bits per heavy atom. The third-order valence-electron chi connectivity index (χ3n) is 3.03. The van der Waals surface area contributed by atoms with Crippen molar-refractivity contribution in [2.75, 3.05) is 0 Å². The maximum Gasteiger partial charge on any atom is 0.124 e. The topological polar surface area (TPSA) is 39.2 Å². The molecular weight excluding hydrogens is 162 g/mol. The van der Waals surface area contributed by atoms with Crippen molar-refractivity contribution in [3.8, 4) is 0 Å². The van der Waals surface area contributed by atoms with Gasteiger partial charge < -0.3 is 10.2 Å². The monoisotopic (exact) mass is 179 g/mol. The van der Waals surface area contributed by atoms with Gasteiger partial charge in [-0.1, -0.05) is 13.8 Å². The molecule has 0 aliphatic heterocycles. The first-order chi connectivity index (χ1) is 6.22. The van der Waals surface area contributed by atoms with Crippen LogP contribution in [0.1, 0.15) is 43.4 Å². The SMILES string of the molecule is CCc1cc2c(o1)C(N)C(C)CC2. The van der Waals surface area contributed by atoms with Gasteiger partial charge in [0.15, 0.2) is 0 Å². The van der Waals surface area contributed by atoms with Gasteiger partial charge in [0.25, 0.3) is 0 Å². The minimum atomic E-state index is 0.115. The lowest BCUT2D eigenvalue weighted by molar-refractivity contribution is 0.333. The van der Waals surface area contributed by atoms with E-state index in [2.05, 4.69) is 19.9 Å². The van der Waals surface area contributed by atoms with E-state index in [1.807, 2.05) is 0 Å². The van der Waals surface area contributed by atoms with Crippen LogP contribution in [0.15, 0.2) is 10.5 Å². The minimum absolute atomic E-state index is 0.115. The van der Waals surface area contributed by atoms with Crippen molar-refractivity contribution in [2.24, 2.45) is 11.7 Å². The summed E-state index contributed by atoms with van der Waals surface area (Å²) >= 11 is 0. The molecule has 1 heterocycles. The minimum Gasteiger partial charge on any atom is -0.464 e. The third kappa shape index (κ3) is 1.39. The lowest BCUT2D eigenvalue weighted by Crippen LogP contribution is -2.23. The summed E-state index contributed by atoms with van der Waals surface area (Å²) in [5.74, 6) is 2.67. The van der Waals surface area contributed by atoms with E-state index in [0.717, 1.165) is 24.4 Å². The van der Waals surface area contributed by atoms with E-state index in [-0.39, 0.29) is 6.04 Å². The van der Waals surface area contributed by atoms with E-state index in [1.54, 1.807) is 0 Å². The first-order valence-corrected chi connectivity index (χ1v) is 5.09. The highest BCUT2D eigenvalue weighted by atomic mass is 16.3. The highest BCUT2D eigenvalue weighted by Gasteiger charge is 2.27. The van der Waals surface area contributed by atoms with Crippen molar-refractivity contribution >= 4 is 0 Å². The van der Waals surface area contributed by atoms with Gasteiger partial charge >= 0.3 is 0 Å². The second-order valence-corrected chi connectivity index (χ2v) is 4.00. The van der Waals surface area contributed by atoms with Crippen LogP contribution in [0.2, 0.25) is 0 Å². The average molecular weight is 179 g/mol. The maximum atomic E-state index is 6.06. The second-order valence-electron chi connectivity index (χ2n) is 4.00. The first-order valence-electron chi connectivity index (χ1n) is 5.09. The number of hydrogen-bond acceptors (Lipinski definition) is 2. The summed E-state index contributed by atoms with van der Waals surface area (Å²) in [7, 11) is 0. The highest BCUT2D eigenvalue weighted by Crippen LogP contribution is 2.34. The molecule has 0 fully saturated rings. The second kappa shape index (κ2) is 3.18. The predicted molar refractivity (Wildman–Crippen MR) is 52.5 cm³/mol. The van der Waals surface area contributed by atoms with Crippen molar-refractivity contribution in [3.05, 3.63) is 23.2 Å². The maximum absolute atomic E-state index is 6.06. The standard InChI is InChI=1S/C11H17NO/c1-3-9-6-8-5-4-7(2)10(12)11(8)13-9/h6-7,10H,3-5,12H2,1-2H3. The molecule has 2 N–H and O–H groups in total. The Kier molecular flexibility index (Phi) is 2.16. The molecule has 1 aliphatic carbocycles. The van der Waals surface area contributed by atoms with Crippen LogP contribution in [-0.4, -0.2) is 0 Å². The molecule has 0 bridgehead atoms. The Bertz CT molecular complexity index is 303. The summed E-state index contributed by atoms with van der Waals surface area (Å²) < 4.78 is 5.71. The lowest BCUT2D eigenvalue weighted by Gasteiger charge is -2.23. The molecule has 2 nitrogen and oxygen atoms in total. The summed E-state index contributed by atoms with van der Waals surface area (Å²) in [6.07, 6.45) is 3.29. The van der Waals surface area contributed by atoms with E-state index in [9.17, 15) is 0 Å². The molecule has 0 spiro atoms. The first kappa shape index (κ1) is 8.82. The van der Waals surface area contributed by atoms with Gasteiger partial charge in [-0.15, -0.1) is 0 Å². The van der Waals surface area contributed by atoms with Gasteiger partial charge in [0.05, 0.1) is 6.04 Å². The molecule has 2 atom stereocenters. The molecule has 0 saturated heterocycles. The molecular formula is C11H17NO. The van der Waals surface area contributed by atoms with Gasteiger partial charge in [-0.2, -0.15) is 0 Å². The largest absolute Gasteiger partial charge is 0.464 e. The molecule has 0 aromatic carbocycles. The van der Waals surface area contributed by atoms with Gasteiger partial charge in [0.2, 0.25) is 0 Å².